The zero-order valence-corrected chi connectivity index (χ0v) is 8.96. The molecule has 0 spiro atoms. The molecule has 74 valence electrons. The van der Waals surface area contributed by atoms with E-state index in [4.69, 9.17) is 6.42 Å². The molecule has 1 nitrogen and oxygen atoms in total. The van der Waals surface area contributed by atoms with Gasteiger partial charge in [-0.3, -0.25) is 4.90 Å². The smallest absolute Gasteiger partial charge is 0.0599 e. The summed E-state index contributed by atoms with van der Waals surface area (Å²) in [5.74, 6) is 2.64. The predicted octanol–water partition coefficient (Wildman–Crippen LogP) is 2.31. The van der Waals surface area contributed by atoms with Gasteiger partial charge in [0.2, 0.25) is 0 Å². The normalized spacial score (nSPS) is 10.1. The average molecular weight is 187 g/mol. The number of nitrogens with zero attached hydrogens (tertiary/aromatic N) is 1. The Morgan fingerprint density at radius 2 is 1.79 bits per heavy atom. The maximum absolute atomic E-state index is 5.24. The maximum atomic E-state index is 5.24. The third-order valence-corrected chi connectivity index (χ3v) is 2.24. The Balaban J connectivity index is 2.56. The molecule has 0 atom stereocenters. The Kier molecular flexibility index (Phi) is 4.22. The van der Waals surface area contributed by atoms with Crippen LogP contribution in [-0.4, -0.2) is 18.5 Å². The molecule has 0 aliphatic carbocycles. The van der Waals surface area contributed by atoms with Gasteiger partial charge >= 0.3 is 0 Å². The summed E-state index contributed by atoms with van der Waals surface area (Å²) >= 11 is 0. The van der Waals surface area contributed by atoms with E-state index in [1.54, 1.807) is 0 Å². The molecule has 0 saturated carbocycles. The van der Waals surface area contributed by atoms with Crippen LogP contribution in [0.1, 0.15) is 18.1 Å². The van der Waals surface area contributed by atoms with E-state index < -0.39 is 0 Å². The second kappa shape index (κ2) is 5.47. The third kappa shape index (κ3) is 3.24. The molecule has 0 aliphatic heterocycles. The quantitative estimate of drug-likeness (QED) is 0.654. The Morgan fingerprint density at radius 1 is 1.21 bits per heavy atom. The number of hydrogen-bond acceptors (Lipinski definition) is 1. The van der Waals surface area contributed by atoms with Crippen molar-refractivity contribution >= 4 is 0 Å². The molecule has 0 radical (unpaired) electrons. The number of hydrogen-bond donors (Lipinski definition) is 0. The molecule has 0 aromatic heterocycles. The first-order chi connectivity index (χ1) is 6.76. The molecule has 1 heteroatoms. The van der Waals surface area contributed by atoms with Crippen molar-refractivity contribution in [1.82, 2.24) is 4.90 Å². The monoisotopic (exact) mass is 187 g/mol. The summed E-state index contributed by atoms with van der Waals surface area (Å²) in [6.45, 7) is 3.79. The van der Waals surface area contributed by atoms with E-state index in [-0.39, 0.29) is 0 Å². The molecule has 0 saturated heterocycles. The molecule has 1 rings (SSSR count). The van der Waals surface area contributed by atoms with E-state index in [1.165, 1.54) is 11.1 Å². The van der Waals surface area contributed by atoms with Crippen molar-refractivity contribution in [1.29, 1.82) is 0 Å². The summed E-state index contributed by atoms with van der Waals surface area (Å²) in [7, 11) is 2.04. The Hall–Kier alpha value is -1.26. The maximum Gasteiger partial charge on any atom is 0.0599 e. The highest BCUT2D eigenvalue weighted by Crippen LogP contribution is 2.06. The van der Waals surface area contributed by atoms with Gasteiger partial charge in [-0.05, 0) is 24.6 Å². The minimum absolute atomic E-state index is 0.704. The summed E-state index contributed by atoms with van der Waals surface area (Å²) in [6.07, 6.45) is 6.33. The van der Waals surface area contributed by atoms with Crippen molar-refractivity contribution in [2.45, 2.75) is 19.9 Å². The largest absolute Gasteiger partial charge is 0.291 e. The van der Waals surface area contributed by atoms with Crippen LogP contribution in [0.2, 0.25) is 0 Å². The number of benzene rings is 1. The van der Waals surface area contributed by atoms with Crippen molar-refractivity contribution < 1.29 is 0 Å². The topological polar surface area (TPSA) is 3.24 Å². The lowest BCUT2D eigenvalue weighted by atomic mass is 10.1. The fourth-order valence-corrected chi connectivity index (χ4v) is 1.40. The first-order valence-electron chi connectivity index (χ1n) is 4.96. The third-order valence-electron chi connectivity index (χ3n) is 2.24. The van der Waals surface area contributed by atoms with Crippen LogP contribution in [0.3, 0.4) is 0 Å². The summed E-state index contributed by atoms with van der Waals surface area (Å²) in [5.41, 5.74) is 2.70. The molecule has 1 aromatic rings. The fraction of sp³-hybridized carbons (Fsp3) is 0.385. The van der Waals surface area contributed by atoms with Gasteiger partial charge in [0.15, 0.2) is 0 Å². The lowest BCUT2D eigenvalue weighted by molar-refractivity contribution is 0.369. The minimum Gasteiger partial charge on any atom is -0.291 e. The van der Waals surface area contributed by atoms with Gasteiger partial charge in [-0.15, -0.1) is 6.42 Å². The molecule has 0 unspecified atom stereocenters. The van der Waals surface area contributed by atoms with Gasteiger partial charge < -0.3 is 0 Å². The average Bonchev–Trinajstić information content (AvgIpc) is 2.19. The van der Waals surface area contributed by atoms with Crippen molar-refractivity contribution in [3.63, 3.8) is 0 Å². The Bertz CT molecular complexity index is 305. The standard InChI is InChI=1S/C13H17N/c1-4-10-14(3)11-13-8-6-12(5-2)7-9-13/h1,6-9H,5,10-11H2,2-3H3. The number of aryl methyl sites for hydroxylation is 1. The van der Waals surface area contributed by atoms with Crippen molar-refractivity contribution in [2.24, 2.45) is 0 Å². The molecule has 0 bridgehead atoms. The first-order valence-corrected chi connectivity index (χ1v) is 4.96. The fourth-order valence-electron chi connectivity index (χ4n) is 1.40. The van der Waals surface area contributed by atoms with Gasteiger partial charge in [0, 0.05) is 6.54 Å². The summed E-state index contributed by atoms with van der Waals surface area (Å²) in [5, 5.41) is 0. The number of terminal acetylenes is 1. The molecule has 0 amide bonds. The minimum atomic E-state index is 0.704. The van der Waals surface area contributed by atoms with Gasteiger partial charge in [0.05, 0.1) is 6.54 Å². The van der Waals surface area contributed by atoms with E-state index in [2.05, 4.69) is 42.0 Å². The van der Waals surface area contributed by atoms with Crippen molar-refractivity contribution in [2.75, 3.05) is 13.6 Å². The van der Waals surface area contributed by atoms with Crippen LogP contribution in [0.15, 0.2) is 24.3 Å². The zero-order valence-electron chi connectivity index (χ0n) is 8.96. The van der Waals surface area contributed by atoms with E-state index >= 15 is 0 Å². The number of rotatable bonds is 4. The van der Waals surface area contributed by atoms with Gasteiger partial charge in [-0.2, -0.15) is 0 Å². The van der Waals surface area contributed by atoms with Gasteiger partial charge in [-0.25, -0.2) is 0 Å². The van der Waals surface area contributed by atoms with E-state index in [0.29, 0.717) is 6.54 Å². The molecule has 0 aliphatic rings. The molecule has 0 heterocycles. The van der Waals surface area contributed by atoms with Crippen LogP contribution in [0, 0.1) is 12.3 Å². The van der Waals surface area contributed by atoms with Crippen LogP contribution in [0.5, 0.6) is 0 Å². The molecule has 1 aromatic carbocycles. The zero-order chi connectivity index (χ0) is 10.4. The molecule has 0 fully saturated rings. The van der Waals surface area contributed by atoms with Gasteiger partial charge in [0.25, 0.3) is 0 Å². The van der Waals surface area contributed by atoms with Crippen LogP contribution < -0.4 is 0 Å². The first kappa shape index (κ1) is 10.8. The van der Waals surface area contributed by atoms with Gasteiger partial charge in [-0.1, -0.05) is 37.1 Å². The second-order valence-electron chi connectivity index (χ2n) is 3.55. The molecular weight excluding hydrogens is 170 g/mol. The van der Waals surface area contributed by atoms with Crippen LogP contribution in [-0.2, 0) is 13.0 Å². The Labute approximate surface area is 86.7 Å². The summed E-state index contributed by atoms with van der Waals surface area (Å²) < 4.78 is 0. The SMILES string of the molecule is C#CCN(C)Cc1ccc(CC)cc1. The summed E-state index contributed by atoms with van der Waals surface area (Å²) in [6, 6.07) is 8.70. The van der Waals surface area contributed by atoms with Crippen LogP contribution in [0.4, 0.5) is 0 Å². The van der Waals surface area contributed by atoms with Crippen LogP contribution >= 0.6 is 0 Å². The molecule has 14 heavy (non-hydrogen) atoms. The predicted molar refractivity (Wildman–Crippen MR) is 61.0 cm³/mol. The van der Waals surface area contributed by atoms with Crippen LogP contribution in [0.25, 0.3) is 0 Å². The van der Waals surface area contributed by atoms with Crippen molar-refractivity contribution in [3.8, 4) is 12.3 Å². The second-order valence-corrected chi connectivity index (χ2v) is 3.55. The molecule has 0 N–H and O–H groups in total. The van der Waals surface area contributed by atoms with E-state index in [0.717, 1.165) is 13.0 Å². The lowest BCUT2D eigenvalue weighted by Gasteiger charge is -2.13. The highest BCUT2D eigenvalue weighted by molar-refractivity contribution is 5.22. The Morgan fingerprint density at radius 3 is 2.29 bits per heavy atom. The highest BCUT2D eigenvalue weighted by Gasteiger charge is 1.97. The van der Waals surface area contributed by atoms with Gasteiger partial charge in [0.1, 0.15) is 0 Å². The van der Waals surface area contributed by atoms with E-state index in [1.807, 2.05) is 7.05 Å². The van der Waals surface area contributed by atoms with Crippen molar-refractivity contribution in [3.05, 3.63) is 35.4 Å². The molecular formula is C13H17N. The highest BCUT2D eigenvalue weighted by atomic mass is 15.1. The lowest BCUT2D eigenvalue weighted by Crippen LogP contribution is -2.17. The summed E-state index contributed by atoms with van der Waals surface area (Å²) in [4.78, 5) is 2.13. The van der Waals surface area contributed by atoms with E-state index in [9.17, 15) is 0 Å².